The first kappa shape index (κ1) is 27.5. The summed E-state index contributed by atoms with van der Waals surface area (Å²) in [5, 5.41) is 21.1. The molecule has 190 valence electrons. The van der Waals surface area contributed by atoms with Crippen LogP contribution in [-0.2, 0) is 30.3 Å². The van der Waals surface area contributed by atoms with Gasteiger partial charge in [-0.15, -0.1) is 0 Å². The molecule has 0 aliphatic carbocycles. The summed E-state index contributed by atoms with van der Waals surface area (Å²) in [6.45, 7) is 9.20. The van der Waals surface area contributed by atoms with Gasteiger partial charge in [-0.3, -0.25) is 10.1 Å². The Balaban J connectivity index is 1.76. The number of fused-ring (bicyclic) bond motifs is 1. The molecular weight excluding hydrogens is 498 g/mol. The lowest BCUT2D eigenvalue weighted by Crippen LogP contribution is -2.63. The molecule has 0 unspecified atom stereocenters. The lowest BCUT2D eigenvalue weighted by atomic mass is 9.86. The van der Waals surface area contributed by atoms with Crippen LogP contribution in [0.3, 0.4) is 0 Å². The van der Waals surface area contributed by atoms with Crippen LogP contribution in [0.2, 0.25) is 25.7 Å². The Kier molecular flexibility index (Phi) is 9.48. The van der Waals surface area contributed by atoms with E-state index in [0.717, 1.165) is 6.04 Å². The number of thiocarbonyl (C=S) groups is 1. The lowest BCUT2D eigenvalue weighted by molar-refractivity contribution is -0.386. The molecule has 0 amide bonds. The number of aliphatic hydroxyl groups is 1. The Bertz CT molecular complexity index is 870. The minimum Gasteiger partial charge on any atom is -0.471 e. The molecule has 3 rings (SSSR count). The predicted octanol–water partition coefficient (Wildman–Crippen LogP) is 4.09. The first-order valence-electron chi connectivity index (χ1n) is 11.3. The van der Waals surface area contributed by atoms with Crippen molar-refractivity contribution in [1.29, 1.82) is 0 Å². The Morgan fingerprint density at radius 3 is 2.71 bits per heavy atom. The number of nitro groups is 1. The van der Waals surface area contributed by atoms with Crippen molar-refractivity contribution in [3.05, 3.63) is 39.9 Å². The molecule has 0 saturated carbocycles. The summed E-state index contributed by atoms with van der Waals surface area (Å²) >= 11 is 6.72. The van der Waals surface area contributed by atoms with Gasteiger partial charge in [0.1, 0.15) is 19.0 Å². The SMILES string of the molecule is C[C@H]1O[C@@H](OCc2ccccc2[N+](=O)[O-])[C@H](OCOCC[Si](C)(C)C)[C@H]2OC(=S)S[C@]21CCO. The summed E-state index contributed by atoms with van der Waals surface area (Å²) in [4.78, 5) is 10.9. The molecule has 12 heteroatoms. The second-order valence-corrected chi connectivity index (χ2v) is 17.2. The van der Waals surface area contributed by atoms with Crippen molar-refractivity contribution >= 4 is 42.1 Å². The monoisotopic (exact) mass is 531 g/mol. The van der Waals surface area contributed by atoms with Crippen molar-refractivity contribution in [2.24, 2.45) is 0 Å². The summed E-state index contributed by atoms with van der Waals surface area (Å²) in [5.74, 6) is 0. The van der Waals surface area contributed by atoms with Crippen molar-refractivity contribution in [1.82, 2.24) is 0 Å². The third kappa shape index (κ3) is 6.55. The number of thioether (sulfide) groups is 1. The standard InChI is InChI=1S/C22H33NO8S2Si/c1-15-22(9-10-24)19(31-21(32)33-22)18(29-14-27-11-12-34(2,3)4)20(30-15)28-13-16-7-5-6-8-17(16)23(25)26/h5-8,15,18-20,24H,9-14H2,1-4H3/t15-,18-,19-,20-,22+/m1/s1. The van der Waals surface area contributed by atoms with Crippen molar-refractivity contribution in [3.63, 3.8) is 0 Å². The van der Waals surface area contributed by atoms with Gasteiger partial charge in [-0.25, -0.2) is 0 Å². The van der Waals surface area contributed by atoms with E-state index in [2.05, 4.69) is 19.6 Å². The first-order chi connectivity index (χ1) is 16.1. The second-order valence-electron chi connectivity index (χ2n) is 9.63. The molecule has 9 nitrogen and oxygen atoms in total. The Morgan fingerprint density at radius 1 is 1.29 bits per heavy atom. The molecule has 1 aromatic rings. The average Bonchev–Trinajstić information content (AvgIpc) is 3.10. The van der Waals surface area contributed by atoms with Gasteiger partial charge in [-0.2, -0.15) is 0 Å². The number of hydrogen-bond acceptors (Lipinski definition) is 10. The van der Waals surface area contributed by atoms with Crippen molar-refractivity contribution in [2.45, 2.75) is 75.0 Å². The fraction of sp³-hybridized carbons (Fsp3) is 0.682. The second kappa shape index (κ2) is 11.7. The highest BCUT2D eigenvalue weighted by molar-refractivity contribution is 8.23. The van der Waals surface area contributed by atoms with Crippen molar-refractivity contribution < 1.29 is 33.7 Å². The molecule has 1 N–H and O–H groups in total. The molecule has 2 saturated heterocycles. The number of aliphatic hydroxyl groups excluding tert-OH is 1. The number of hydrogen-bond donors (Lipinski definition) is 1. The Morgan fingerprint density at radius 2 is 2.03 bits per heavy atom. The topological polar surface area (TPSA) is 110 Å². The van der Waals surface area contributed by atoms with Gasteiger partial charge in [0.05, 0.1) is 27.9 Å². The van der Waals surface area contributed by atoms with Gasteiger partial charge in [0.15, 0.2) is 6.29 Å². The van der Waals surface area contributed by atoms with E-state index in [-0.39, 0.29) is 31.8 Å². The van der Waals surface area contributed by atoms with E-state index in [1.807, 2.05) is 6.92 Å². The van der Waals surface area contributed by atoms with E-state index in [9.17, 15) is 15.2 Å². The maximum absolute atomic E-state index is 11.4. The van der Waals surface area contributed by atoms with Crippen LogP contribution in [-0.4, -0.2) is 71.8 Å². The fourth-order valence-corrected chi connectivity index (χ4v) is 6.56. The molecule has 2 fully saturated rings. The molecule has 2 aliphatic rings. The molecule has 2 heterocycles. The van der Waals surface area contributed by atoms with E-state index in [0.29, 0.717) is 23.0 Å². The number of nitro benzene ring substituents is 1. The number of ether oxygens (including phenoxy) is 5. The van der Waals surface area contributed by atoms with Crippen molar-refractivity contribution in [3.8, 4) is 0 Å². The highest BCUT2D eigenvalue weighted by atomic mass is 32.2. The van der Waals surface area contributed by atoms with Gasteiger partial charge in [0.2, 0.25) is 4.38 Å². The van der Waals surface area contributed by atoms with Crippen LogP contribution in [0.5, 0.6) is 0 Å². The van der Waals surface area contributed by atoms with Gasteiger partial charge >= 0.3 is 0 Å². The summed E-state index contributed by atoms with van der Waals surface area (Å²) in [7, 11) is -1.25. The van der Waals surface area contributed by atoms with E-state index in [1.165, 1.54) is 17.8 Å². The zero-order valence-corrected chi connectivity index (χ0v) is 22.6. The molecule has 0 spiro atoms. The molecule has 5 atom stereocenters. The summed E-state index contributed by atoms with van der Waals surface area (Å²) in [6, 6.07) is 7.41. The van der Waals surface area contributed by atoms with Gasteiger partial charge in [0.25, 0.3) is 5.69 Å². The average molecular weight is 532 g/mol. The highest BCUT2D eigenvalue weighted by Crippen LogP contribution is 2.51. The first-order valence-corrected chi connectivity index (χ1v) is 16.2. The van der Waals surface area contributed by atoms with Crippen LogP contribution in [0.25, 0.3) is 0 Å². The zero-order chi connectivity index (χ0) is 24.9. The summed E-state index contributed by atoms with van der Waals surface area (Å²) in [6.07, 6.45) is -2.08. The summed E-state index contributed by atoms with van der Waals surface area (Å²) in [5.41, 5.74) is 0.403. The lowest BCUT2D eigenvalue weighted by Gasteiger charge is -2.47. The van der Waals surface area contributed by atoms with Crippen LogP contribution >= 0.6 is 24.0 Å². The Hall–Kier alpha value is -1.12. The minimum absolute atomic E-state index is 0.0186. The van der Waals surface area contributed by atoms with Crippen molar-refractivity contribution in [2.75, 3.05) is 20.0 Å². The van der Waals surface area contributed by atoms with E-state index < -0.39 is 36.2 Å². The molecule has 2 aliphatic heterocycles. The Labute approximate surface area is 210 Å². The highest BCUT2D eigenvalue weighted by Gasteiger charge is 2.62. The van der Waals surface area contributed by atoms with Crippen LogP contribution < -0.4 is 0 Å². The third-order valence-corrected chi connectivity index (χ3v) is 9.47. The largest absolute Gasteiger partial charge is 0.471 e. The number of benzene rings is 1. The fourth-order valence-electron chi connectivity index (χ4n) is 4.05. The van der Waals surface area contributed by atoms with Crippen LogP contribution in [0.15, 0.2) is 24.3 Å². The third-order valence-electron chi connectivity index (χ3n) is 6.01. The van der Waals surface area contributed by atoms with Gasteiger partial charge in [-0.1, -0.05) is 43.5 Å². The quantitative estimate of drug-likeness (QED) is 0.106. The van der Waals surface area contributed by atoms with E-state index >= 15 is 0 Å². The maximum Gasteiger partial charge on any atom is 0.274 e. The molecule has 34 heavy (non-hydrogen) atoms. The maximum atomic E-state index is 11.4. The zero-order valence-electron chi connectivity index (χ0n) is 19.9. The van der Waals surface area contributed by atoms with E-state index in [4.69, 9.17) is 35.9 Å². The van der Waals surface area contributed by atoms with Crippen LogP contribution in [0.4, 0.5) is 5.69 Å². The van der Waals surface area contributed by atoms with Gasteiger partial charge in [0, 0.05) is 27.4 Å². The predicted molar refractivity (Wildman–Crippen MR) is 136 cm³/mol. The molecule has 0 bridgehead atoms. The normalized spacial score (nSPS) is 29.0. The van der Waals surface area contributed by atoms with Crippen LogP contribution in [0, 0.1) is 10.1 Å². The van der Waals surface area contributed by atoms with Crippen LogP contribution in [0.1, 0.15) is 18.9 Å². The van der Waals surface area contributed by atoms with E-state index in [1.54, 1.807) is 18.2 Å². The van der Waals surface area contributed by atoms with Gasteiger partial charge < -0.3 is 28.8 Å². The number of nitrogens with zero attached hydrogens (tertiary/aromatic N) is 1. The van der Waals surface area contributed by atoms with Gasteiger partial charge in [-0.05, 0) is 37.7 Å². The molecule has 0 aromatic heterocycles. The minimum atomic E-state index is -1.25. The molecule has 1 aromatic carbocycles. The smallest absolute Gasteiger partial charge is 0.274 e. The molecule has 0 radical (unpaired) electrons. The number of para-hydroxylation sites is 1. The number of rotatable bonds is 12. The molecular formula is C22H33NO8S2Si. The summed E-state index contributed by atoms with van der Waals surface area (Å²) < 4.78 is 29.8.